The van der Waals surface area contributed by atoms with Gasteiger partial charge in [-0.25, -0.2) is 0 Å². The predicted octanol–water partition coefficient (Wildman–Crippen LogP) is 2.99. The van der Waals surface area contributed by atoms with Gasteiger partial charge in [-0.05, 0) is 47.9 Å². The molecule has 2 unspecified atom stereocenters. The average molecular weight is 545 g/mol. The van der Waals surface area contributed by atoms with E-state index >= 15 is 0 Å². The highest BCUT2D eigenvalue weighted by atomic mass is 35.5. The van der Waals surface area contributed by atoms with Crippen molar-refractivity contribution in [1.29, 1.82) is 0 Å². The van der Waals surface area contributed by atoms with E-state index in [0.717, 1.165) is 35.6 Å². The average Bonchev–Trinajstić information content (AvgIpc) is 3.41. The van der Waals surface area contributed by atoms with Crippen molar-refractivity contribution in [1.82, 2.24) is 15.1 Å². The van der Waals surface area contributed by atoms with Crippen LogP contribution in [0.4, 0.5) is 0 Å². The number of fused-ring (bicyclic) bond motifs is 1. The molecule has 9 heteroatoms. The lowest BCUT2D eigenvalue weighted by Crippen LogP contribution is -2.57. The number of nitrogens with two attached hydrogens (primary N) is 1. The standard InChI is InChI=1S/C29H40N4O4.ClH/c30-18-25(35)19-31-29(37)26(16-22-12-13-23-9-4-5-10-24(23)15-22)33(20-34)27-11-6-14-32(27)28(36)17-21-7-2-1-3-8-21;/h4-5,9-10,12-13,15,20-21,25-27,35H,1-3,6-8,11,14,16-19,30H2,(H,31,37);1H/t25?,26-,27?;/m1./s1. The van der Waals surface area contributed by atoms with Crippen LogP contribution >= 0.6 is 12.4 Å². The molecule has 4 rings (SSSR count). The van der Waals surface area contributed by atoms with Gasteiger partial charge in [0.25, 0.3) is 0 Å². The number of carbonyl (C=O) groups excluding carboxylic acids is 3. The molecule has 1 saturated heterocycles. The molecule has 2 aliphatic rings. The van der Waals surface area contributed by atoms with E-state index in [4.69, 9.17) is 5.73 Å². The zero-order valence-corrected chi connectivity index (χ0v) is 22.8. The Morgan fingerprint density at radius 3 is 2.53 bits per heavy atom. The summed E-state index contributed by atoms with van der Waals surface area (Å²) < 4.78 is 0. The molecule has 2 aromatic carbocycles. The summed E-state index contributed by atoms with van der Waals surface area (Å²) in [5.41, 5.74) is 6.43. The van der Waals surface area contributed by atoms with Crippen LogP contribution in [0.5, 0.6) is 0 Å². The van der Waals surface area contributed by atoms with E-state index in [-0.39, 0.29) is 37.3 Å². The second kappa shape index (κ2) is 14.5. The Balaban J connectivity index is 0.00000400. The second-order valence-electron chi connectivity index (χ2n) is 10.5. The van der Waals surface area contributed by atoms with E-state index in [2.05, 4.69) is 5.32 Å². The van der Waals surface area contributed by atoms with E-state index in [1.807, 2.05) is 42.5 Å². The first-order valence-electron chi connectivity index (χ1n) is 13.7. The summed E-state index contributed by atoms with van der Waals surface area (Å²) in [5.74, 6) is 0.116. The molecule has 3 atom stereocenters. The van der Waals surface area contributed by atoms with E-state index in [9.17, 15) is 19.5 Å². The van der Waals surface area contributed by atoms with Crippen molar-refractivity contribution in [3.8, 4) is 0 Å². The van der Waals surface area contributed by atoms with Gasteiger partial charge in [-0.1, -0.05) is 61.7 Å². The summed E-state index contributed by atoms with van der Waals surface area (Å²) in [5, 5.41) is 14.8. The topological polar surface area (TPSA) is 116 Å². The highest BCUT2D eigenvalue weighted by molar-refractivity contribution is 5.86. The smallest absolute Gasteiger partial charge is 0.243 e. The molecule has 2 aromatic rings. The molecule has 0 aromatic heterocycles. The van der Waals surface area contributed by atoms with Crippen LogP contribution in [-0.4, -0.2) is 71.1 Å². The number of hydrogen-bond donors (Lipinski definition) is 3. The van der Waals surface area contributed by atoms with Crippen molar-refractivity contribution in [2.75, 3.05) is 19.6 Å². The maximum Gasteiger partial charge on any atom is 0.243 e. The molecule has 1 aliphatic heterocycles. The first-order chi connectivity index (χ1) is 18.0. The molecule has 8 nitrogen and oxygen atoms in total. The quantitative estimate of drug-likeness (QED) is 0.376. The zero-order chi connectivity index (χ0) is 26.2. The maximum absolute atomic E-state index is 13.4. The predicted molar refractivity (Wildman–Crippen MR) is 151 cm³/mol. The van der Waals surface area contributed by atoms with Gasteiger partial charge >= 0.3 is 0 Å². The van der Waals surface area contributed by atoms with Crippen molar-refractivity contribution in [2.45, 2.75) is 76.1 Å². The van der Waals surface area contributed by atoms with Gasteiger partial charge in [-0.3, -0.25) is 14.4 Å². The fourth-order valence-corrected chi connectivity index (χ4v) is 5.80. The minimum Gasteiger partial charge on any atom is -0.390 e. The first-order valence-corrected chi connectivity index (χ1v) is 13.7. The zero-order valence-electron chi connectivity index (χ0n) is 22.0. The van der Waals surface area contributed by atoms with E-state index in [0.29, 0.717) is 38.1 Å². The number of aliphatic hydroxyl groups is 1. The van der Waals surface area contributed by atoms with Gasteiger partial charge in [0, 0.05) is 32.5 Å². The lowest BCUT2D eigenvalue weighted by Gasteiger charge is -2.38. The summed E-state index contributed by atoms with van der Waals surface area (Å²) in [6, 6.07) is 13.2. The van der Waals surface area contributed by atoms with E-state index in [1.54, 1.807) is 4.90 Å². The number of amides is 3. The van der Waals surface area contributed by atoms with Crippen LogP contribution in [0, 0.1) is 5.92 Å². The Morgan fingerprint density at radius 2 is 1.82 bits per heavy atom. The van der Waals surface area contributed by atoms with Crippen LogP contribution in [0.1, 0.15) is 56.9 Å². The number of likely N-dealkylation sites (tertiary alicyclic amines) is 1. The number of halogens is 1. The van der Waals surface area contributed by atoms with Gasteiger partial charge in [-0.2, -0.15) is 0 Å². The van der Waals surface area contributed by atoms with Crippen LogP contribution in [0.15, 0.2) is 42.5 Å². The lowest BCUT2D eigenvalue weighted by atomic mass is 9.86. The Morgan fingerprint density at radius 1 is 1.08 bits per heavy atom. The summed E-state index contributed by atoms with van der Waals surface area (Å²) in [6.45, 7) is 0.626. The van der Waals surface area contributed by atoms with E-state index in [1.165, 1.54) is 24.2 Å². The Labute approximate surface area is 231 Å². The molecule has 4 N–H and O–H groups in total. The van der Waals surface area contributed by atoms with E-state index < -0.39 is 18.3 Å². The minimum atomic E-state index is -0.866. The third kappa shape index (κ3) is 7.46. The van der Waals surface area contributed by atoms with Gasteiger partial charge < -0.3 is 26.0 Å². The van der Waals surface area contributed by atoms with Crippen LogP contribution in [0.3, 0.4) is 0 Å². The number of carbonyl (C=O) groups is 3. The number of rotatable bonds is 11. The van der Waals surface area contributed by atoms with Crippen molar-refractivity contribution >= 4 is 41.4 Å². The number of nitrogens with zero attached hydrogens (tertiary/aromatic N) is 2. The molecule has 3 amide bonds. The minimum absolute atomic E-state index is 0. The fourth-order valence-electron chi connectivity index (χ4n) is 5.80. The molecular formula is C29H41ClN4O4. The molecule has 1 saturated carbocycles. The molecule has 0 bridgehead atoms. The SMILES string of the molecule is Cl.NCC(O)CNC(=O)[C@@H](Cc1ccc2ccccc2c1)N(C=O)C1CCCN1C(=O)CC1CCCCC1. The molecule has 38 heavy (non-hydrogen) atoms. The van der Waals surface area contributed by atoms with Crippen LogP contribution in [-0.2, 0) is 20.8 Å². The number of benzene rings is 2. The van der Waals surface area contributed by atoms with Crippen molar-refractivity contribution in [3.63, 3.8) is 0 Å². The van der Waals surface area contributed by atoms with Gasteiger partial charge in [0.05, 0.1) is 6.10 Å². The number of nitrogens with one attached hydrogen (secondary N) is 1. The van der Waals surface area contributed by atoms with Crippen molar-refractivity contribution in [2.24, 2.45) is 11.7 Å². The van der Waals surface area contributed by atoms with Gasteiger partial charge in [0.15, 0.2) is 0 Å². The first kappa shape index (κ1) is 29.9. The van der Waals surface area contributed by atoms with Gasteiger partial charge in [0.1, 0.15) is 12.2 Å². The summed E-state index contributed by atoms with van der Waals surface area (Å²) in [4.78, 5) is 42.6. The van der Waals surface area contributed by atoms with Crippen LogP contribution in [0.25, 0.3) is 10.8 Å². The highest BCUT2D eigenvalue weighted by Crippen LogP contribution is 2.30. The molecule has 0 radical (unpaired) electrons. The van der Waals surface area contributed by atoms with Gasteiger partial charge in [-0.15, -0.1) is 12.4 Å². The molecule has 0 spiro atoms. The fraction of sp³-hybridized carbons (Fsp3) is 0.552. The Bertz CT molecular complexity index is 1080. The Kier molecular flexibility index (Phi) is 11.4. The summed E-state index contributed by atoms with van der Waals surface area (Å²) >= 11 is 0. The van der Waals surface area contributed by atoms with Crippen LogP contribution in [0.2, 0.25) is 0 Å². The lowest BCUT2D eigenvalue weighted by molar-refractivity contribution is -0.145. The van der Waals surface area contributed by atoms with Crippen LogP contribution < -0.4 is 11.1 Å². The Hall–Kier alpha value is -2.68. The molecule has 208 valence electrons. The normalized spacial score (nSPS) is 19.4. The third-order valence-electron chi connectivity index (χ3n) is 7.88. The molecular weight excluding hydrogens is 504 g/mol. The van der Waals surface area contributed by atoms with Crippen molar-refractivity contribution in [3.05, 3.63) is 48.0 Å². The summed E-state index contributed by atoms with van der Waals surface area (Å²) in [7, 11) is 0. The van der Waals surface area contributed by atoms with Gasteiger partial charge in [0.2, 0.25) is 18.2 Å². The number of hydrogen-bond acceptors (Lipinski definition) is 5. The third-order valence-corrected chi connectivity index (χ3v) is 7.88. The monoisotopic (exact) mass is 544 g/mol. The molecule has 1 aliphatic carbocycles. The number of aliphatic hydroxyl groups excluding tert-OH is 1. The highest BCUT2D eigenvalue weighted by Gasteiger charge is 2.39. The van der Waals surface area contributed by atoms with Crippen molar-refractivity contribution < 1.29 is 19.5 Å². The largest absolute Gasteiger partial charge is 0.390 e. The maximum atomic E-state index is 13.4. The second-order valence-corrected chi connectivity index (χ2v) is 10.5. The molecule has 2 fully saturated rings. The molecule has 1 heterocycles. The summed E-state index contributed by atoms with van der Waals surface area (Å²) in [6.07, 6.45) is 7.37.